The van der Waals surface area contributed by atoms with Crippen LogP contribution in [-0.4, -0.2) is 35.6 Å². The van der Waals surface area contributed by atoms with Crippen molar-refractivity contribution in [2.24, 2.45) is 5.92 Å². The third-order valence-electron chi connectivity index (χ3n) is 3.15. The highest BCUT2D eigenvalue weighted by Crippen LogP contribution is 2.19. The Morgan fingerprint density at radius 3 is 2.56 bits per heavy atom. The van der Waals surface area contributed by atoms with Crippen LogP contribution in [0.4, 0.5) is 0 Å². The topological polar surface area (TPSA) is 40.5 Å². The lowest BCUT2D eigenvalue weighted by Gasteiger charge is -2.37. The third-order valence-corrected chi connectivity index (χ3v) is 3.15. The van der Waals surface area contributed by atoms with Crippen molar-refractivity contribution in [3.63, 3.8) is 0 Å². The van der Waals surface area contributed by atoms with E-state index in [1.165, 1.54) is 11.1 Å². The van der Waals surface area contributed by atoms with Gasteiger partial charge < -0.3 is 5.11 Å². The predicted octanol–water partition coefficient (Wildman–Crippen LogP) is 2.31. The normalized spacial score (nSPS) is 19.7. The number of hydrogen-bond donors (Lipinski definition) is 1. The molecule has 16 heavy (non-hydrogen) atoms. The lowest BCUT2D eigenvalue weighted by atomic mass is 9.98. The molecule has 0 aromatic rings. The van der Waals surface area contributed by atoms with Crippen LogP contribution in [0.15, 0.2) is 23.3 Å². The lowest BCUT2D eigenvalue weighted by Crippen LogP contribution is -2.50. The summed E-state index contributed by atoms with van der Waals surface area (Å²) in [6, 6.07) is 0. The molecule has 1 aliphatic rings. The molecule has 1 heterocycles. The summed E-state index contributed by atoms with van der Waals surface area (Å²) in [6.07, 6.45) is 5.23. The van der Waals surface area contributed by atoms with Gasteiger partial charge in [-0.3, -0.25) is 9.69 Å². The molecule has 0 unspecified atom stereocenters. The monoisotopic (exact) mass is 223 g/mol. The smallest absolute Gasteiger partial charge is 0.309 e. The van der Waals surface area contributed by atoms with Crippen molar-refractivity contribution < 1.29 is 9.90 Å². The minimum atomic E-state index is -0.667. The molecule has 0 aromatic heterocycles. The van der Waals surface area contributed by atoms with Crippen molar-refractivity contribution >= 4 is 5.97 Å². The number of carbonyl (C=O) groups is 1. The molecule has 3 heteroatoms. The van der Waals surface area contributed by atoms with Gasteiger partial charge in [0.15, 0.2) is 0 Å². The zero-order valence-electron chi connectivity index (χ0n) is 10.4. The zero-order chi connectivity index (χ0) is 12.1. The molecule has 3 nitrogen and oxygen atoms in total. The average molecular weight is 223 g/mol. The molecule has 1 saturated heterocycles. The number of hydrogen-bond acceptors (Lipinski definition) is 2. The van der Waals surface area contributed by atoms with Gasteiger partial charge in [-0.2, -0.15) is 0 Å². The summed E-state index contributed by atoms with van der Waals surface area (Å²) >= 11 is 0. The van der Waals surface area contributed by atoms with Crippen molar-refractivity contribution in [1.82, 2.24) is 4.90 Å². The molecule has 0 aliphatic carbocycles. The van der Waals surface area contributed by atoms with Crippen LogP contribution in [0.5, 0.6) is 0 Å². The summed E-state index contributed by atoms with van der Waals surface area (Å²) in [6.45, 7) is 8.56. The molecule has 0 spiro atoms. The number of carboxylic acids is 1. The maximum Gasteiger partial charge on any atom is 0.309 e. The van der Waals surface area contributed by atoms with Crippen LogP contribution in [0.1, 0.15) is 27.2 Å². The van der Waals surface area contributed by atoms with Crippen molar-refractivity contribution in [2.45, 2.75) is 27.2 Å². The highest BCUT2D eigenvalue weighted by atomic mass is 16.4. The first kappa shape index (κ1) is 13.0. The van der Waals surface area contributed by atoms with Gasteiger partial charge >= 0.3 is 5.97 Å². The lowest BCUT2D eigenvalue weighted by molar-refractivity contribution is -0.147. The number of nitrogens with zero attached hydrogens (tertiary/aromatic N) is 1. The number of rotatable bonds is 5. The van der Waals surface area contributed by atoms with Gasteiger partial charge in [0.05, 0.1) is 5.92 Å². The third kappa shape index (κ3) is 3.20. The van der Waals surface area contributed by atoms with Gasteiger partial charge in [-0.15, -0.1) is 0 Å². The van der Waals surface area contributed by atoms with Gasteiger partial charge in [-0.25, -0.2) is 0 Å². The van der Waals surface area contributed by atoms with Gasteiger partial charge in [-0.1, -0.05) is 24.6 Å². The molecule has 0 bridgehead atoms. The van der Waals surface area contributed by atoms with Crippen LogP contribution < -0.4 is 0 Å². The zero-order valence-corrected chi connectivity index (χ0v) is 10.4. The molecule has 0 saturated carbocycles. The van der Waals surface area contributed by atoms with Crippen LogP contribution in [-0.2, 0) is 4.79 Å². The molecule has 1 N–H and O–H groups in total. The SMILES string of the molecule is CC=CC(CN1CC(C(=O)O)C1)=C(C)CC. The summed E-state index contributed by atoms with van der Waals surface area (Å²) in [5, 5.41) is 8.79. The van der Waals surface area contributed by atoms with E-state index in [1.54, 1.807) is 0 Å². The van der Waals surface area contributed by atoms with Gasteiger partial charge in [0.25, 0.3) is 0 Å². The van der Waals surface area contributed by atoms with E-state index >= 15 is 0 Å². The summed E-state index contributed by atoms with van der Waals surface area (Å²) < 4.78 is 0. The molecular formula is C13H21NO2. The summed E-state index contributed by atoms with van der Waals surface area (Å²) in [5.41, 5.74) is 2.71. The minimum absolute atomic E-state index is 0.159. The molecule has 1 rings (SSSR count). The van der Waals surface area contributed by atoms with E-state index in [0.717, 1.165) is 13.0 Å². The van der Waals surface area contributed by atoms with Gasteiger partial charge in [0.2, 0.25) is 0 Å². The van der Waals surface area contributed by atoms with Gasteiger partial charge in [-0.05, 0) is 25.8 Å². The highest BCUT2D eigenvalue weighted by molar-refractivity contribution is 5.71. The maximum atomic E-state index is 10.7. The van der Waals surface area contributed by atoms with Crippen molar-refractivity contribution in [3.05, 3.63) is 23.3 Å². The standard InChI is InChI=1S/C13H21NO2/c1-4-6-11(10(3)5-2)7-14-8-12(9-14)13(15)16/h4,6,12H,5,7-9H2,1-3H3,(H,15,16). The molecule has 90 valence electrons. The summed E-state index contributed by atoms with van der Waals surface area (Å²) in [4.78, 5) is 12.9. The Balaban J connectivity index is 2.50. The number of aliphatic carboxylic acids is 1. The molecule has 0 amide bonds. The van der Waals surface area contributed by atoms with Crippen molar-refractivity contribution in [2.75, 3.05) is 19.6 Å². The van der Waals surface area contributed by atoms with E-state index in [9.17, 15) is 4.79 Å². The Kier molecular flexibility index (Phi) is 4.74. The number of allylic oxidation sites excluding steroid dienone is 2. The van der Waals surface area contributed by atoms with E-state index in [0.29, 0.717) is 13.1 Å². The van der Waals surface area contributed by atoms with Crippen LogP contribution >= 0.6 is 0 Å². The Morgan fingerprint density at radius 2 is 2.12 bits per heavy atom. The molecule has 0 atom stereocenters. The molecule has 0 aromatic carbocycles. The Labute approximate surface area is 97.4 Å². The van der Waals surface area contributed by atoms with Crippen LogP contribution in [0.2, 0.25) is 0 Å². The second-order valence-corrected chi connectivity index (χ2v) is 4.39. The fourth-order valence-corrected chi connectivity index (χ4v) is 1.85. The first-order chi connectivity index (χ1) is 7.58. The van der Waals surface area contributed by atoms with E-state index in [-0.39, 0.29) is 5.92 Å². The summed E-state index contributed by atoms with van der Waals surface area (Å²) in [7, 11) is 0. The van der Waals surface area contributed by atoms with Crippen molar-refractivity contribution in [1.29, 1.82) is 0 Å². The average Bonchev–Trinajstić information content (AvgIpc) is 2.19. The van der Waals surface area contributed by atoms with E-state index in [4.69, 9.17) is 5.11 Å². The predicted molar refractivity (Wildman–Crippen MR) is 65.4 cm³/mol. The quantitative estimate of drug-likeness (QED) is 0.727. The highest BCUT2D eigenvalue weighted by Gasteiger charge is 2.32. The second kappa shape index (κ2) is 5.85. The van der Waals surface area contributed by atoms with E-state index in [2.05, 4.69) is 24.8 Å². The molecule has 1 aliphatic heterocycles. The Bertz CT molecular complexity index is 312. The minimum Gasteiger partial charge on any atom is -0.481 e. The maximum absolute atomic E-state index is 10.7. The van der Waals surface area contributed by atoms with E-state index in [1.807, 2.05) is 13.0 Å². The Morgan fingerprint density at radius 1 is 1.50 bits per heavy atom. The second-order valence-electron chi connectivity index (χ2n) is 4.39. The fraction of sp³-hybridized carbons (Fsp3) is 0.615. The van der Waals surface area contributed by atoms with Crippen LogP contribution in [0, 0.1) is 5.92 Å². The van der Waals surface area contributed by atoms with Crippen molar-refractivity contribution in [3.8, 4) is 0 Å². The van der Waals surface area contributed by atoms with Gasteiger partial charge in [0, 0.05) is 19.6 Å². The van der Waals surface area contributed by atoms with Gasteiger partial charge in [0.1, 0.15) is 0 Å². The van der Waals surface area contributed by atoms with E-state index < -0.39 is 5.97 Å². The molecular weight excluding hydrogens is 202 g/mol. The molecule has 0 radical (unpaired) electrons. The largest absolute Gasteiger partial charge is 0.481 e. The summed E-state index contributed by atoms with van der Waals surface area (Å²) in [5.74, 6) is -0.825. The Hall–Kier alpha value is -1.09. The van der Waals surface area contributed by atoms with Crippen LogP contribution in [0.25, 0.3) is 0 Å². The number of likely N-dealkylation sites (tertiary alicyclic amines) is 1. The first-order valence-corrected chi connectivity index (χ1v) is 5.85. The fourth-order valence-electron chi connectivity index (χ4n) is 1.85. The number of carboxylic acid groups (broad SMARTS) is 1. The first-order valence-electron chi connectivity index (χ1n) is 5.85. The molecule has 1 fully saturated rings. The van der Waals surface area contributed by atoms with Crippen LogP contribution in [0.3, 0.4) is 0 Å².